The van der Waals surface area contributed by atoms with Crippen LogP contribution >= 0.6 is 0 Å². The summed E-state index contributed by atoms with van der Waals surface area (Å²) in [6.07, 6.45) is 3.23. The molecule has 0 atom stereocenters. The van der Waals surface area contributed by atoms with E-state index in [0.717, 1.165) is 48.1 Å². The van der Waals surface area contributed by atoms with Crippen LogP contribution in [-0.2, 0) is 56.1 Å². The average Bonchev–Trinajstić information content (AvgIpc) is 0.800. The molecule has 2 N–H and O–H groups in total. The summed E-state index contributed by atoms with van der Waals surface area (Å²) in [5.41, 5.74) is 6.39. The van der Waals surface area contributed by atoms with Gasteiger partial charge in [0.1, 0.15) is 11.9 Å². The molecule has 0 aromatic heterocycles. The third-order valence-corrected chi connectivity index (χ3v) is 21.8. The van der Waals surface area contributed by atoms with Gasteiger partial charge in [0.15, 0.2) is 0 Å². The van der Waals surface area contributed by atoms with E-state index in [4.69, 9.17) is 4.74 Å². The van der Waals surface area contributed by atoms with Gasteiger partial charge in [-0.15, -0.1) is 0 Å². The van der Waals surface area contributed by atoms with Gasteiger partial charge in [0.05, 0.1) is 51.4 Å². The maximum absolute atomic E-state index is 13.7. The highest BCUT2D eigenvalue weighted by Gasteiger charge is 2.31. The summed E-state index contributed by atoms with van der Waals surface area (Å²) < 4.78 is 91.4. The second-order valence-electron chi connectivity index (χ2n) is 23.4. The van der Waals surface area contributed by atoms with E-state index in [-0.39, 0.29) is 58.1 Å². The van der Waals surface area contributed by atoms with Crippen LogP contribution in [0.2, 0.25) is 0 Å². The van der Waals surface area contributed by atoms with Gasteiger partial charge < -0.3 is 20.3 Å². The van der Waals surface area contributed by atoms with Crippen molar-refractivity contribution in [2.75, 3.05) is 39.6 Å². The number of carbonyl (C=O) groups is 3. The Bertz CT molecular complexity index is 4780. The first-order valence-corrected chi connectivity index (χ1v) is 37.1. The number of hydrogen-bond acceptors (Lipinski definition) is 10. The number of amides is 3. The van der Waals surface area contributed by atoms with Gasteiger partial charge in [-0.3, -0.25) is 27.3 Å². The molecule has 0 unspecified atom stereocenters. The van der Waals surface area contributed by atoms with Gasteiger partial charge in [-0.1, -0.05) is 212 Å². The van der Waals surface area contributed by atoms with Gasteiger partial charge in [0.2, 0.25) is 0 Å². The van der Waals surface area contributed by atoms with Crippen LogP contribution in [0.1, 0.15) is 72.6 Å². The van der Waals surface area contributed by atoms with Crippen LogP contribution < -0.4 is 28.3 Å². The molecule has 19 heteroatoms. The van der Waals surface area contributed by atoms with Crippen molar-refractivity contribution in [1.82, 2.24) is 15.5 Å². The predicted molar refractivity (Wildman–Crippen MR) is 395 cm³/mol. The molecule has 1 aliphatic rings. The first-order chi connectivity index (χ1) is 48.6. The Hall–Kier alpha value is -11.1. The molecule has 100 heavy (non-hydrogen) atoms. The fourth-order valence-corrected chi connectivity index (χ4v) is 15.6. The number of carbonyl (C=O) groups excluding carboxylic acids is 3. The van der Waals surface area contributed by atoms with Gasteiger partial charge in [-0.05, 0) is 138 Å². The zero-order chi connectivity index (χ0) is 70.2. The molecule has 510 valence electrons. The highest BCUT2D eigenvalue weighted by Crippen LogP contribution is 2.31. The first-order valence-electron chi connectivity index (χ1n) is 32.8. The summed E-state index contributed by atoms with van der Waals surface area (Å²) in [5.74, 6) is 0.232. The van der Waals surface area contributed by atoms with Crippen molar-refractivity contribution in [2.24, 2.45) is 0 Å². The highest BCUT2D eigenvalue weighted by atomic mass is 32.2. The lowest BCUT2D eigenvalue weighted by Gasteiger charge is -2.32. The van der Waals surface area contributed by atoms with Crippen molar-refractivity contribution in [3.63, 3.8) is 0 Å². The maximum atomic E-state index is 13.7. The SMILES string of the molecule is CNC(=O)c1cccc(N(Cc2ccccc2)S(=O)(=O)c2ccccc2)c1.O=C(NCCCc1ccccc1)c1cccc(N(Cc2ccccc2)S(=O)(=O)c2ccccc2)c1.O=C(c1cccc(N(Cc2ccccc2)S(=O)(=O)c2ccccc2)c1)N1CCC(Oc2ccccc2)CC1. The number of rotatable bonds is 24. The summed E-state index contributed by atoms with van der Waals surface area (Å²) >= 11 is 0. The molecular formula is C81H78N6O10S3. The van der Waals surface area contributed by atoms with Crippen molar-refractivity contribution in [3.8, 4) is 5.75 Å². The number of para-hydroxylation sites is 1. The van der Waals surface area contributed by atoms with Gasteiger partial charge in [0.25, 0.3) is 47.8 Å². The van der Waals surface area contributed by atoms with Crippen molar-refractivity contribution in [1.29, 1.82) is 0 Å². The van der Waals surface area contributed by atoms with E-state index in [1.165, 1.54) is 25.5 Å². The molecule has 11 aromatic carbocycles. The summed E-state index contributed by atoms with van der Waals surface area (Å²) in [4.78, 5) is 40.7. The van der Waals surface area contributed by atoms with E-state index in [1.807, 2.05) is 144 Å². The monoisotopic (exact) mass is 1390 g/mol. The van der Waals surface area contributed by atoms with E-state index < -0.39 is 30.1 Å². The smallest absolute Gasteiger partial charge is 0.264 e. The number of aryl methyl sites for hydroxylation is 1. The third-order valence-electron chi connectivity index (χ3n) is 16.4. The minimum absolute atomic E-state index is 0.0603. The second kappa shape index (κ2) is 34.9. The molecule has 0 saturated carbocycles. The molecule has 11 aromatic rings. The number of anilines is 3. The summed E-state index contributed by atoms with van der Waals surface area (Å²) in [5, 5.41) is 5.51. The molecule has 0 spiro atoms. The maximum Gasteiger partial charge on any atom is 0.264 e. The van der Waals surface area contributed by atoms with E-state index in [2.05, 4.69) is 22.8 Å². The van der Waals surface area contributed by atoms with Crippen molar-refractivity contribution < 1.29 is 44.4 Å². The minimum atomic E-state index is -3.86. The van der Waals surface area contributed by atoms with Gasteiger partial charge >= 0.3 is 0 Å². The van der Waals surface area contributed by atoms with Crippen LogP contribution in [0.4, 0.5) is 17.1 Å². The lowest BCUT2D eigenvalue weighted by molar-refractivity contribution is 0.0595. The molecule has 3 amide bonds. The van der Waals surface area contributed by atoms with Crippen LogP contribution in [-0.4, -0.2) is 80.7 Å². The second-order valence-corrected chi connectivity index (χ2v) is 29.0. The van der Waals surface area contributed by atoms with Crippen LogP contribution in [0.3, 0.4) is 0 Å². The topological polar surface area (TPSA) is 200 Å². The third kappa shape index (κ3) is 19.4. The summed E-state index contributed by atoms with van der Waals surface area (Å²) in [6.45, 7) is 2.16. The molecule has 1 heterocycles. The normalized spacial score (nSPS) is 12.2. The van der Waals surface area contributed by atoms with Crippen molar-refractivity contribution in [3.05, 3.63) is 354 Å². The number of nitrogens with zero attached hydrogens (tertiary/aromatic N) is 4. The Labute approximate surface area is 587 Å². The molecule has 0 bridgehead atoms. The molecule has 1 saturated heterocycles. The molecule has 1 aliphatic heterocycles. The fraction of sp³-hybridized carbons (Fsp3) is 0.148. The lowest BCUT2D eigenvalue weighted by atomic mass is 10.1. The predicted octanol–water partition coefficient (Wildman–Crippen LogP) is 14.7. The largest absolute Gasteiger partial charge is 0.490 e. The van der Waals surface area contributed by atoms with Gasteiger partial charge in [-0.2, -0.15) is 0 Å². The first kappa shape index (κ1) is 71.6. The van der Waals surface area contributed by atoms with Crippen LogP contribution in [0.15, 0.2) is 330 Å². The van der Waals surface area contributed by atoms with Gasteiger partial charge in [0, 0.05) is 56.2 Å². The van der Waals surface area contributed by atoms with Crippen molar-refractivity contribution in [2.45, 2.75) is 66.1 Å². The van der Waals surface area contributed by atoms with E-state index in [1.54, 1.807) is 164 Å². The van der Waals surface area contributed by atoms with Crippen molar-refractivity contribution >= 4 is 64.9 Å². The quantitative estimate of drug-likeness (QED) is 0.0549. The van der Waals surface area contributed by atoms with Crippen LogP contribution in [0.25, 0.3) is 0 Å². The highest BCUT2D eigenvalue weighted by molar-refractivity contribution is 7.93. The Morgan fingerprint density at radius 1 is 0.390 bits per heavy atom. The minimum Gasteiger partial charge on any atom is -0.490 e. The standard InChI is InChI=1S/C31H30N2O4S.C29H28N2O3S.C21H20N2O3S/c34-31(32-21-19-29(20-22-32)37-28-15-6-2-7-16-28)26-13-10-14-27(23-26)33(24-25-11-4-1-5-12-25)38(35,36)30-17-8-3-9-18-30;32-29(30-21-11-16-24-12-4-1-5-13-24)26-17-10-18-27(22-26)31(23-25-14-6-2-7-15-25)35(33,34)28-19-8-3-9-20-28;1-22-21(24)18-11-8-12-19(15-18)23(16-17-9-4-2-5-10-17)27(25,26)20-13-6-3-7-14-20/h1-18,23,29H,19-22,24H2;1-10,12-15,17-20,22H,11,16,21,23H2,(H,30,32);2-15H,16H2,1H3,(H,22,24). The number of hydrogen-bond donors (Lipinski definition) is 2. The summed E-state index contributed by atoms with van der Waals surface area (Å²) in [7, 11) is -9.97. The fourth-order valence-electron chi connectivity index (χ4n) is 11.2. The number of benzene rings is 11. The molecular weight excluding hydrogens is 1310 g/mol. The zero-order valence-corrected chi connectivity index (χ0v) is 57.7. The molecule has 1 fully saturated rings. The number of piperidine rings is 1. The Kier molecular flexibility index (Phi) is 25.0. The molecule has 12 rings (SSSR count). The molecule has 16 nitrogen and oxygen atoms in total. The number of sulfonamides is 3. The lowest BCUT2D eigenvalue weighted by Crippen LogP contribution is -2.41. The molecule has 0 aliphatic carbocycles. The van der Waals surface area contributed by atoms with E-state index in [9.17, 15) is 39.6 Å². The number of ether oxygens (including phenoxy) is 1. The molecule has 0 radical (unpaired) electrons. The zero-order valence-electron chi connectivity index (χ0n) is 55.3. The Balaban J connectivity index is 0.000000164. The van der Waals surface area contributed by atoms with Crippen LogP contribution in [0, 0.1) is 0 Å². The van der Waals surface area contributed by atoms with Gasteiger partial charge in [-0.25, -0.2) is 25.3 Å². The van der Waals surface area contributed by atoms with Crippen LogP contribution in [0.5, 0.6) is 5.75 Å². The number of nitrogens with one attached hydrogen (secondary N) is 2. The number of likely N-dealkylation sites (tertiary alicyclic amines) is 1. The van der Waals surface area contributed by atoms with E-state index >= 15 is 0 Å². The Morgan fingerprint density at radius 3 is 1.08 bits per heavy atom. The average molecular weight is 1390 g/mol. The Morgan fingerprint density at radius 2 is 0.710 bits per heavy atom. The van der Waals surface area contributed by atoms with E-state index in [0.29, 0.717) is 53.4 Å². The summed E-state index contributed by atoms with van der Waals surface area (Å²) in [6, 6.07) is 93.3.